The molecule has 4 fully saturated rings. The molecule has 0 spiro atoms. The summed E-state index contributed by atoms with van der Waals surface area (Å²) in [6.07, 6.45) is 6.51. The minimum Gasteiger partial charge on any atom is -0.297 e. The second kappa shape index (κ2) is 4.37. The van der Waals surface area contributed by atoms with Gasteiger partial charge in [0.1, 0.15) is 23.9 Å². The molecule has 4 aliphatic rings. The molecule has 5 rings (SSSR count). The Balaban J connectivity index is 1.73. The van der Waals surface area contributed by atoms with Crippen LogP contribution in [0.2, 0.25) is 0 Å². The fourth-order valence-corrected chi connectivity index (χ4v) is 5.57. The van der Waals surface area contributed by atoms with Crippen LogP contribution in [0.5, 0.6) is 0 Å². The van der Waals surface area contributed by atoms with Gasteiger partial charge in [0.05, 0.1) is 18.7 Å². The molecule has 21 heavy (non-hydrogen) atoms. The quantitative estimate of drug-likeness (QED) is 0.768. The first-order chi connectivity index (χ1) is 10.1. The first-order valence-corrected chi connectivity index (χ1v) is 8.22. The number of ketones is 1. The van der Waals surface area contributed by atoms with E-state index in [9.17, 15) is 4.79 Å². The first kappa shape index (κ1) is 13.4. The van der Waals surface area contributed by atoms with Crippen LogP contribution in [-0.4, -0.2) is 36.9 Å². The van der Waals surface area contributed by atoms with Crippen molar-refractivity contribution in [3.63, 3.8) is 0 Å². The maximum atomic E-state index is 13.0. The Hall–Kier alpha value is -1.26. The second-order valence-electron chi connectivity index (χ2n) is 7.66. The summed E-state index contributed by atoms with van der Waals surface area (Å²) in [5.41, 5.74) is 1.18. The van der Waals surface area contributed by atoms with Crippen LogP contribution in [-0.2, 0) is 4.79 Å². The zero-order valence-electron chi connectivity index (χ0n) is 13.0. The van der Waals surface area contributed by atoms with Gasteiger partial charge in [-0.25, -0.2) is 0 Å². The standard InChI is InChI=1S/C17H23N3O/c1-3-6-17-11-19-9-16(2,15(17)21)10-20(12-17)14(19)13-5-4-7-18-8-13/h4-5,7-8,14H,3,6,9-12H2,1-2H3/p+2. The maximum absolute atomic E-state index is 13.0. The van der Waals surface area contributed by atoms with Gasteiger partial charge in [0.2, 0.25) is 6.17 Å². The molecule has 112 valence electrons. The van der Waals surface area contributed by atoms with E-state index in [2.05, 4.69) is 24.9 Å². The molecular formula is C17H25N3O+2. The van der Waals surface area contributed by atoms with Crippen LogP contribution in [0.1, 0.15) is 38.4 Å². The van der Waals surface area contributed by atoms with Crippen molar-refractivity contribution in [2.75, 3.05) is 26.2 Å². The van der Waals surface area contributed by atoms with Crippen LogP contribution < -0.4 is 9.80 Å². The fourth-order valence-electron chi connectivity index (χ4n) is 5.57. The topological polar surface area (TPSA) is 38.8 Å². The highest BCUT2D eigenvalue weighted by Gasteiger charge is 2.69. The van der Waals surface area contributed by atoms with Gasteiger partial charge in [0, 0.05) is 12.4 Å². The van der Waals surface area contributed by atoms with Gasteiger partial charge in [-0.15, -0.1) is 0 Å². The molecule has 4 aliphatic heterocycles. The summed E-state index contributed by atoms with van der Waals surface area (Å²) in [7, 11) is 0. The highest BCUT2D eigenvalue weighted by atomic mass is 16.1. The molecule has 0 aromatic carbocycles. The lowest BCUT2D eigenvalue weighted by Gasteiger charge is -2.59. The summed E-state index contributed by atoms with van der Waals surface area (Å²) in [4.78, 5) is 20.5. The van der Waals surface area contributed by atoms with E-state index in [4.69, 9.17) is 0 Å². The van der Waals surface area contributed by atoms with E-state index >= 15 is 0 Å². The van der Waals surface area contributed by atoms with E-state index in [0.29, 0.717) is 11.9 Å². The van der Waals surface area contributed by atoms with Gasteiger partial charge in [-0.2, -0.15) is 0 Å². The summed E-state index contributed by atoms with van der Waals surface area (Å²) in [5, 5.41) is 0. The van der Waals surface area contributed by atoms with E-state index in [1.54, 1.807) is 9.80 Å². The van der Waals surface area contributed by atoms with E-state index in [1.165, 1.54) is 5.56 Å². The lowest BCUT2D eigenvalue weighted by molar-refractivity contribution is -1.18. The van der Waals surface area contributed by atoms with E-state index in [1.807, 2.05) is 18.5 Å². The van der Waals surface area contributed by atoms with Crippen molar-refractivity contribution in [1.82, 2.24) is 4.98 Å². The Kier molecular flexibility index (Phi) is 2.79. The van der Waals surface area contributed by atoms with Crippen molar-refractivity contribution >= 4 is 5.78 Å². The molecule has 2 unspecified atom stereocenters. The van der Waals surface area contributed by atoms with E-state index in [-0.39, 0.29) is 10.8 Å². The highest BCUT2D eigenvalue weighted by molar-refractivity contribution is 5.91. The van der Waals surface area contributed by atoms with E-state index < -0.39 is 0 Å². The summed E-state index contributed by atoms with van der Waals surface area (Å²) in [6.45, 7) is 8.47. The van der Waals surface area contributed by atoms with Crippen molar-refractivity contribution in [1.29, 1.82) is 0 Å². The number of quaternary nitrogens is 2. The second-order valence-corrected chi connectivity index (χ2v) is 7.66. The Labute approximate surface area is 126 Å². The Morgan fingerprint density at radius 3 is 2.57 bits per heavy atom. The third kappa shape index (κ3) is 1.75. The fraction of sp³-hybridized carbons (Fsp3) is 0.647. The number of carbonyl (C=O) groups excluding carboxylic acids is 1. The van der Waals surface area contributed by atoms with Crippen LogP contribution in [0.4, 0.5) is 0 Å². The minimum atomic E-state index is -0.102. The Morgan fingerprint density at radius 2 is 2.00 bits per heavy atom. The number of pyridine rings is 1. The van der Waals surface area contributed by atoms with Crippen molar-refractivity contribution in [3.05, 3.63) is 30.1 Å². The van der Waals surface area contributed by atoms with Crippen LogP contribution in [0.15, 0.2) is 24.5 Å². The van der Waals surface area contributed by atoms with Gasteiger partial charge in [0.25, 0.3) is 0 Å². The van der Waals surface area contributed by atoms with Crippen LogP contribution in [0.25, 0.3) is 0 Å². The molecule has 4 heteroatoms. The SMILES string of the molecule is CCCC12C[NH+]3CC(C)(C[NH+](C1)C3c1cccnc1)C2=O. The van der Waals surface area contributed by atoms with Crippen LogP contribution >= 0.6 is 0 Å². The monoisotopic (exact) mass is 287 g/mol. The smallest absolute Gasteiger partial charge is 0.241 e. The predicted molar refractivity (Wildman–Crippen MR) is 78.8 cm³/mol. The lowest BCUT2D eigenvalue weighted by atomic mass is 9.59. The molecule has 1 aromatic rings. The average Bonchev–Trinajstić information content (AvgIpc) is 2.45. The highest BCUT2D eigenvalue weighted by Crippen LogP contribution is 2.39. The molecule has 4 bridgehead atoms. The maximum Gasteiger partial charge on any atom is 0.241 e. The van der Waals surface area contributed by atoms with Gasteiger partial charge in [0.15, 0.2) is 5.78 Å². The number of piperidine rings is 2. The predicted octanol–water partition coefficient (Wildman–Crippen LogP) is -0.747. The number of hydrogen-bond donors (Lipinski definition) is 2. The molecule has 0 saturated carbocycles. The number of Topliss-reactive ketones (excluding diaryl/α,β-unsaturated/α-hetero) is 1. The molecule has 0 amide bonds. The van der Waals surface area contributed by atoms with Crippen molar-refractivity contribution in [2.24, 2.45) is 10.8 Å². The average molecular weight is 287 g/mol. The third-order valence-electron chi connectivity index (χ3n) is 5.96. The zero-order valence-corrected chi connectivity index (χ0v) is 13.0. The van der Waals surface area contributed by atoms with Gasteiger partial charge in [-0.3, -0.25) is 19.6 Å². The number of nitrogens with one attached hydrogen (secondary N) is 2. The van der Waals surface area contributed by atoms with Gasteiger partial charge >= 0.3 is 0 Å². The van der Waals surface area contributed by atoms with Gasteiger partial charge in [-0.1, -0.05) is 13.3 Å². The van der Waals surface area contributed by atoms with E-state index in [0.717, 1.165) is 39.0 Å². The van der Waals surface area contributed by atoms with Crippen LogP contribution in [0.3, 0.4) is 0 Å². The molecule has 0 radical (unpaired) electrons. The van der Waals surface area contributed by atoms with Crippen molar-refractivity contribution in [2.45, 2.75) is 32.9 Å². The molecule has 2 N–H and O–H groups in total. The molecule has 2 atom stereocenters. The van der Waals surface area contributed by atoms with Gasteiger partial charge < -0.3 is 0 Å². The Morgan fingerprint density at radius 1 is 1.29 bits per heavy atom. The first-order valence-electron chi connectivity index (χ1n) is 8.22. The van der Waals surface area contributed by atoms with Crippen molar-refractivity contribution < 1.29 is 14.6 Å². The van der Waals surface area contributed by atoms with Gasteiger partial charge in [-0.05, 0) is 25.5 Å². The largest absolute Gasteiger partial charge is 0.297 e. The van der Waals surface area contributed by atoms with Crippen LogP contribution in [0, 0.1) is 10.8 Å². The molecule has 5 heterocycles. The number of aromatic nitrogens is 1. The third-order valence-corrected chi connectivity index (χ3v) is 5.96. The molecule has 4 saturated heterocycles. The van der Waals surface area contributed by atoms with Crippen molar-refractivity contribution in [3.8, 4) is 0 Å². The molecule has 0 aliphatic carbocycles. The normalized spacial score (nSPS) is 44.3. The number of hydrogen-bond acceptors (Lipinski definition) is 2. The summed E-state index contributed by atoms with van der Waals surface area (Å²) < 4.78 is 0. The lowest BCUT2D eigenvalue weighted by Crippen LogP contribution is -3.41. The summed E-state index contributed by atoms with van der Waals surface area (Å²) in [6, 6.07) is 4.24. The summed E-state index contributed by atoms with van der Waals surface area (Å²) in [5.74, 6) is 0.564. The number of carbonyl (C=O) groups is 1. The molecule has 1 aromatic heterocycles. The Bertz CT molecular complexity index is 555. The molecule has 4 nitrogen and oxygen atoms in total. The molecular weight excluding hydrogens is 262 g/mol. The summed E-state index contributed by atoms with van der Waals surface area (Å²) >= 11 is 0. The number of rotatable bonds is 3. The minimum absolute atomic E-state index is 0.0522. The zero-order chi connectivity index (χ0) is 14.7. The number of nitrogens with zero attached hydrogens (tertiary/aromatic N) is 1.